The van der Waals surface area contributed by atoms with Crippen LogP contribution >= 0.6 is 0 Å². The van der Waals surface area contributed by atoms with Crippen molar-refractivity contribution in [1.29, 1.82) is 0 Å². The Bertz CT molecular complexity index is 1610. The Kier molecular flexibility index (Phi) is 7.79. The summed E-state index contributed by atoms with van der Waals surface area (Å²) in [6.07, 6.45) is 28.8. The summed E-state index contributed by atoms with van der Waals surface area (Å²) in [6.45, 7) is 2.02. The van der Waals surface area contributed by atoms with Gasteiger partial charge in [-0.25, -0.2) is 0 Å². The Labute approximate surface area is 238 Å². The number of hydrogen-bond acceptors (Lipinski definition) is 2. The van der Waals surface area contributed by atoms with Gasteiger partial charge in [0, 0.05) is 17.8 Å². The molecule has 0 saturated heterocycles. The standard InChI is InChI=1S/C38H38N2/c1-2-3-18-36(39)35-23-32(31-20-19-27-12-10-11-17-30(27)21-31)22-33(24-35)34-25-37(28-13-6-4-7-14-28)40-38(26-34)29-15-8-5-9-16-29/h2-4,6-8,10-13,15-25,28,37-38,40H,5,9,14,26,39H2,1H3/b3-2-,36-18-. The molecule has 3 aromatic rings. The minimum absolute atomic E-state index is 0.273. The van der Waals surface area contributed by atoms with Gasteiger partial charge in [0.05, 0.1) is 0 Å². The fourth-order valence-corrected chi connectivity index (χ4v) is 6.09. The predicted molar refractivity (Wildman–Crippen MR) is 173 cm³/mol. The van der Waals surface area contributed by atoms with Crippen molar-refractivity contribution in [3.63, 3.8) is 0 Å². The summed E-state index contributed by atoms with van der Waals surface area (Å²) in [6, 6.07) is 22.8. The van der Waals surface area contributed by atoms with Crippen molar-refractivity contribution in [2.45, 2.75) is 44.7 Å². The van der Waals surface area contributed by atoms with Crippen LogP contribution in [0.4, 0.5) is 0 Å². The Morgan fingerprint density at radius 2 is 1.77 bits per heavy atom. The average molecular weight is 523 g/mol. The molecule has 3 atom stereocenters. The third-order valence-corrected chi connectivity index (χ3v) is 8.29. The maximum Gasteiger partial charge on any atom is 0.0387 e. The van der Waals surface area contributed by atoms with E-state index in [1.54, 1.807) is 0 Å². The van der Waals surface area contributed by atoms with E-state index in [1.165, 1.54) is 38.6 Å². The Morgan fingerprint density at radius 3 is 2.58 bits per heavy atom. The third kappa shape index (κ3) is 5.73. The number of nitrogens with one attached hydrogen (secondary N) is 1. The van der Waals surface area contributed by atoms with Crippen LogP contribution in [0.3, 0.4) is 0 Å². The smallest absolute Gasteiger partial charge is 0.0387 e. The molecule has 0 aromatic heterocycles. The van der Waals surface area contributed by atoms with Crippen LogP contribution in [0.1, 0.15) is 43.7 Å². The van der Waals surface area contributed by atoms with Gasteiger partial charge in [0.1, 0.15) is 0 Å². The highest BCUT2D eigenvalue weighted by atomic mass is 15.0. The van der Waals surface area contributed by atoms with Gasteiger partial charge in [-0.05, 0) is 113 Å². The summed E-state index contributed by atoms with van der Waals surface area (Å²) in [5, 5.41) is 6.50. The van der Waals surface area contributed by atoms with E-state index >= 15 is 0 Å². The molecule has 2 heteroatoms. The summed E-state index contributed by atoms with van der Waals surface area (Å²) in [7, 11) is 0. The maximum absolute atomic E-state index is 6.65. The van der Waals surface area contributed by atoms with E-state index in [-0.39, 0.29) is 6.04 Å². The highest BCUT2D eigenvalue weighted by Gasteiger charge is 2.29. The molecule has 3 aromatic carbocycles. The van der Waals surface area contributed by atoms with Gasteiger partial charge in [-0.15, -0.1) is 0 Å². The van der Waals surface area contributed by atoms with Crippen molar-refractivity contribution in [3.05, 3.63) is 144 Å². The van der Waals surface area contributed by atoms with E-state index in [0.29, 0.717) is 12.0 Å². The van der Waals surface area contributed by atoms with Gasteiger partial charge in [0.2, 0.25) is 0 Å². The molecule has 1 aliphatic heterocycles. The van der Waals surface area contributed by atoms with Crippen LogP contribution in [-0.2, 0) is 0 Å². The lowest BCUT2D eigenvalue weighted by atomic mass is 9.81. The minimum Gasteiger partial charge on any atom is -0.398 e. The molecule has 40 heavy (non-hydrogen) atoms. The first-order valence-corrected chi connectivity index (χ1v) is 14.6. The lowest BCUT2D eigenvalue weighted by Gasteiger charge is -2.36. The second-order valence-corrected chi connectivity index (χ2v) is 11.0. The van der Waals surface area contributed by atoms with Crippen LogP contribution in [0, 0.1) is 5.92 Å². The van der Waals surface area contributed by atoms with Gasteiger partial charge in [-0.1, -0.05) is 97.2 Å². The summed E-state index contributed by atoms with van der Waals surface area (Å²) < 4.78 is 0. The van der Waals surface area contributed by atoms with Crippen molar-refractivity contribution in [1.82, 2.24) is 5.32 Å². The lowest BCUT2D eigenvalue weighted by molar-refractivity contribution is 0.422. The van der Waals surface area contributed by atoms with Crippen molar-refractivity contribution in [2.75, 3.05) is 0 Å². The number of hydrogen-bond donors (Lipinski definition) is 2. The third-order valence-electron chi connectivity index (χ3n) is 8.29. The first-order chi connectivity index (χ1) is 19.7. The first kappa shape index (κ1) is 26.1. The van der Waals surface area contributed by atoms with E-state index in [4.69, 9.17) is 5.73 Å². The number of benzene rings is 3. The minimum atomic E-state index is 0.273. The molecule has 3 N–H and O–H groups in total. The van der Waals surface area contributed by atoms with Crippen LogP contribution in [0.2, 0.25) is 0 Å². The van der Waals surface area contributed by atoms with Crippen LogP contribution in [0.25, 0.3) is 33.2 Å². The number of allylic oxidation sites excluding steroid dienone is 8. The van der Waals surface area contributed by atoms with Crippen LogP contribution in [0.5, 0.6) is 0 Å². The lowest BCUT2D eigenvalue weighted by Crippen LogP contribution is -2.45. The molecule has 0 fully saturated rings. The van der Waals surface area contributed by atoms with E-state index < -0.39 is 0 Å². The zero-order valence-electron chi connectivity index (χ0n) is 23.3. The molecule has 0 spiro atoms. The summed E-state index contributed by atoms with van der Waals surface area (Å²) in [4.78, 5) is 0. The molecule has 3 aliphatic rings. The van der Waals surface area contributed by atoms with Gasteiger partial charge in [-0.3, -0.25) is 0 Å². The quantitative estimate of drug-likeness (QED) is 0.317. The molecule has 0 bridgehead atoms. The topological polar surface area (TPSA) is 38.0 Å². The van der Waals surface area contributed by atoms with Gasteiger partial charge in [0.15, 0.2) is 0 Å². The molecule has 3 unspecified atom stereocenters. The Hall–Kier alpha value is -4.14. The van der Waals surface area contributed by atoms with E-state index in [1.807, 2.05) is 25.2 Å². The molecule has 1 heterocycles. The molecule has 200 valence electrons. The average Bonchev–Trinajstić information content (AvgIpc) is 3.03. The molecule has 2 nitrogen and oxygen atoms in total. The van der Waals surface area contributed by atoms with E-state index in [2.05, 4.69) is 115 Å². The largest absolute Gasteiger partial charge is 0.398 e. The molecular formula is C38H38N2. The Morgan fingerprint density at radius 1 is 0.900 bits per heavy atom. The van der Waals surface area contributed by atoms with Gasteiger partial charge in [0.25, 0.3) is 0 Å². The molecule has 0 amide bonds. The normalized spacial score (nSPS) is 23.0. The molecular weight excluding hydrogens is 484 g/mol. The fraction of sp³-hybridized carbons (Fsp3) is 0.211. The molecule has 6 rings (SSSR count). The second-order valence-electron chi connectivity index (χ2n) is 11.0. The molecule has 2 aliphatic carbocycles. The second kappa shape index (κ2) is 11.9. The van der Waals surface area contributed by atoms with Crippen molar-refractivity contribution in [2.24, 2.45) is 11.7 Å². The van der Waals surface area contributed by atoms with Crippen molar-refractivity contribution >= 4 is 22.0 Å². The fourth-order valence-electron chi connectivity index (χ4n) is 6.09. The maximum atomic E-state index is 6.65. The summed E-state index contributed by atoms with van der Waals surface area (Å²) in [5.74, 6) is 0.443. The van der Waals surface area contributed by atoms with Crippen molar-refractivity contribution < 1.29 is 0 Å². The Balaban J connectivity index is 1.46. The monoisotopic (exact) mass is 522 g/mol. The van der Waals surface area contributed by atoms with E-state index in [9.17, 15) is 0 Å². The van der Waals surface area contributed by atoms with Crippen LogP contribution in [-0.4, -0.2) is 12.1 Å². The van der Waals surface area contributed by atoms with Crippen LogP contribution in [0.15, 0.2) is 133 Å². The SMILES string of the molecule is C/C=C\C=C(/N)c1cc(C2=CC(C3C=CC=CC3)NC(C3=CCCC=C3)C2)cc(-c2ccc3ccccc3c2)c1. The van der Waals surface area contributed by atoms with Gasteiger partial charge >= 0.3 is 0 Å². The highest BCUT2D eigenvalue weighted by Crippen LogP contribution is 2.36. The number of fused-ring (bicyclic) bond motifs is 1. The number of rotatable bonds is 6. The van der Waals surface area contributed by atoms with E-state index in [0.717, 1.165) is 36.9 Å². The zero-order chi connectivity index (χ0) is 27.3. The van der Waals surface area contributed by atoms with Crippen molar-refractivity contribution in [3.8, 4) is 11.1 Å². The van der Waals surface area contributed by atoms with Crippen LogP contribution < -0.4 is 11.1 Å². The van der Waals surface area contributed by atoms with Gasteiger partial charge in [-0.2, -0.15) is 0 Å². The van der Waals surface area contributed by atoms with Gasteiger partial charge < -0.3 is 11.1 Å². The predicted octanol–water partition coefficient (Wildman–Crippen LogP) is 8.91. The molecule has 0 radical (unpaired) electrons. The zero-order valence-corrected chi connectivity index (χ0v) is 23.3. The summed E-state index contributed by atoms with van der Waals surface area (Å²) in [5.41, 5.74) is 14.9. The molecule has 0 saturated carbocycles. The first-order valence-electron chi connectivity index (χ1n) is 14.6. The summed E-state index contributed by atoms with van der Waals surface area (Å²) >= 11 is 0. The number of nitrogens with two attached hydrogens (primary N) is 1. The highest BCUT2D eigenvalue weighted by molar-refractivity contribution is 5.88.